The summed E-state index contributed by atoms with van der Waals surface area (Å²) in [5.41, 5.74) is 10.3. The number of thioether (sulfide) groups is 1. The van der Waals surface area contributed by atoms with Gasteiger partial charge < -0.3 is 15.0 Å². The van der Waals surface area contributed by atoms with Crippen molar-refractivity contribution in [3.8, 4) is 16.9 Å². The zero-order valence-corrected chi connectivity index (χ0v) is 25.7. The van der Waals surface area contributed by atoms with Gasteiger partial charge in [0, 0.05) is 30.1 Å². The predicted molar refractivity (Wildman–Crippen MR) is 166 cm³/mol. The fraction of sp³-hybridized carbons (Fsp3) is 0.357. The van der Waals surface area contributed by atoms with E-state index < -0.39 is 0 Å². The number of halogens is 3. The van der Waals surface area contributed by atoms with Gasteiger partial charge in [0.25, 0.3) is 0 Å². The third kappa shape index (κ3) is 7.70. The molecule has 37 heavy (non-hydrogen) atoms. The van der Waals surface area contributed by atoms with Gasteiger partial charge in [0.15, 0.2) is 5.16 Å². The van der Waals surface area contributed by atoms with E-state index >= 15 is 0 Å². The number of imidazole rings is 1. The Hall–Kier alpha value is -2.12. The first-order chi connectivity index (χ1) is 16.2. The Bertz CT molecular complexity index is 1320. The molecule has 0 fully saturated rings. The summed E-state index contributed by atoms with van der Waals surface area (Å²) in [6.07, 6.45) is 0.904. The first-order valence-corrected chi connectivity index (χ1v) is 12.6. The Labute approximate surface area is 243 Å². The third-order valence-electron chi connectivity index (χ3n) is 5.89. The van der Waals surface area contributed by atoms with Gasteiger partial charge in [0.05, 0.1) is 29.5 Å². The number of aromatic amines is 1. The van der Waals surface area contributed by atoms with Gasteiger partial charge in [-0.3, -0.25) is 4.98 Å². The molecular weight excluding hydrogens is 547 g/mol. The van der Waals surface area contributed by atoms with Crippen LogP contribution in [0.25, 0.3) is 22.2 Å². The lowest BCUT2D eigenvalue weighted by molar-refractivity contribution is 0.406. The number of ether oxygens (including phenoxy) is 1. The summed E-state index contributed by atoms with van der Waals surface area (Å²) in [4.78, 5) is 13.3. The van der Waals surface area contributed by atoms with Crippen LogP contribution in [-0.4, -0.2) is 29.1 Å². The van der Waals surface area contributed by atoms with E-state index in [4.69, 9.17) is 14.7 Å². The molecule has 2 aromatic carbocycles. The number of aromatic nitrogens is 3. The number of nitrogens with one attached hydrogen (secondary N) is 2. The van der Waals surface area contributed by atoms with Crippen LogP contribution < -0.4 is 10.1 Å². The molecule has 0 bridgehead atoms. The van der Waals surface area contributed by atoms with Crippen molar-refractivity contribution in [3.63, 3.8) is 0 Å². The molecule has 2 heterocycles. The monoisotopic (exact) mass is 582 g/mol. The van der Waals surface area contributed by atoms with Crippen LogP contribution >= 0.6 is 49.0 Å². The maximum Gasteiger partial charge on any atom is 0.166 e. The summed E-state index contributed by atoms with van der Waals surface area (Å²) in [6.45, 7) is 11.0. The molecule has 202 valence electrons. The zero-order valence-electron chi connectivity index (χ0n) is 22.4. The Morgan fingerprint density at radius 2 is 1.65 bits per heavy atom. The van der Waals surface area contributed by atoms with Gasteiger partial charge in [-0.25, -0.2) is 4.98 Å². The molecule has 0 saturated heterocycles. The number of fused-ring (bicyclic) bond motifs is 1. The molecule has 0 aliphatic heterocycles. The fourth-order valence-corrected chi connectivity index (χ4v) is 5.20. The second-order valence-corrected chi connectivity index (χ2v) is 10.9. The van der Waals surface area contributed by atoms with Crippen molar-refractivity contribution >= 4 is 65.7 Å². The van der Waals surface area contributed by atoms with Gasteiger partial charge in [0.1, 0.15) is 5.75 Å². The Morgan fingerprint density at radius 1 is 0.973 bits per heavy atom. The molecule has 5 nitrogen and oxygen atoms in total. The minimum absolute atomic E-state index is 0. The van der Waals surface area contributed by atoms with Crippen LogP contribution in [0.4, 0.5) is 5.69 Å². The van der Waals surface area contributed by atoms with Gasteiger partial charge in [-0.05, 0) is 48.9 Å². The number of hydrogen-bond donors (Lipinski definition) is 2. The molecule has 0 saturated carbocycles. The highest BCUT2D eigenvalue weighted by molar-refractivity contribution is 7.98. The molecule has 2 aromatic heterocycles. The molecular formula is C28H37Cl3N4OS. The Balaban J connectivity index is 0.00000228. The highest BCUT2D eigenvalue weighted by Gasteiger charge is 2.22. The van der Waals surface area contributed by atoms with E-state index in [9.17, 15) is 0 Å². The smallest absolute Gasteiger partial charge is 0.166 e. The topological polar surface area (TPSA) is 62.8 Å². The van der Waals surface area contributed by atoms with Crippen LogP contribution in [0.5, 0.6) is 5.75 Å². The third-order valence-corrected chi connectivity index (χ3v) is 6.79. The SMILES string of the molecule is CNc1c(CC(C)(C)C)nc(C)c(CSc2nc3ccc(OC)cc3[nH]2)c1-c1ccc(C)cc1.Cl.Cl.Cl. The van der Waals surface area contributed by atoms with Gasteiger partial charge in [-0.2, -0.15) is 0 Å². The number of benzene rings is 2. The van der Waals surface area contributed by atoms with Gasteiger partial charge >= 0.3 is 0 Å². The van der Waals surface area contributed by atoms with E-state index in [2.05, 4.69) is 69.2 Å². The number of pyridine rings is 1. The molecule has 9 heteroatoms. The van der Waals surface area contributed by atoms with Gasteiger partial charge in [-0.15, -0.1) is 37.2 Å². The Morgan fingerprint density at radius 3 is 2.24 bits per heavy atom. The normalized spacial score (nSPS) is 10.8. The summed E-state index contributed by atoms with van der Waals surface area (Å²) in [7, 11) is 3.68. The minimum Gasteiger partial charge on any atom is -0.497 e. The van der Waals surface area contributed by atoms with E-state index in [0.717, 1.165) is 51.2 Å². The van der Waals surface area contributed by atoms with Crippen LogP contribution in [0.15, 0.2) is 47.6 Å². The number of aryl methyl sites for hydroxylation is 2. The molecule has 0 unspecified atom stereocenters. The van der Waals surface area contributed by atoms with E-state index in [0.29, 0.717) is 0 Å². The number of rotatable bonds is 7. The summed E-state index contributed by atoms with van der Waals surface area (Å²) < 4.78 is 5.35. The lowest BCUT2D eigenvalue weighted by Crippen LogP contribution is -2.15. The molecule has 0 amide bonds. The van der Waals surface area contributed by atoms with Crippen LogP contribution in [-0.2, 0) is 12.2 Å². The molecule has 0 spiro atoms. The molecule has 0 aliphatic rings. The van der Waals surface area contributed by atoms with E-state index in [1.165, 1.54) is 22.3 Å². The van der Waals surface area contributed by atoms with E-state index in [-0.39, 0.29) is 42.6 Å². The maximum atomic E-state index is 5.35. The second-order valence-electron chi connectivity index (χ2n) is 9.94. The minimum atomic E-state index is 0. The molecule has 4 aromatic rings. The Kier molecular flexibility index (Phi) is 12.1. The van der Waals surface area contributed by atoms with Crippen molar-refractivity contribution < 1.29 is 4.74 Å². The van der Waals surface area contributed by atoms with Gasteiger partial charge in [-0.1, -0.05) is 62.4 Å². The van der Waals surface area contributed by atoms with Crippen molar-refractivity contribution in [2.24, 2.45) is 5.41 Å². The standard InChI is InChI=1S/C28H34N4OS.3ClH/c1-17-8-10-19(11-9-17)25-21(18(2)30-24(26(25)29-6)15-28(3,4)5)16-34-27-31-22-13-12-20(33-7)14-23(22)32-27;;;/h8-14,29H,15-16H2,1-7H3,(H,31,32);3*1H. The van der Waals surface area contributed by atoms with Gasteiger partial charge in [0.2, 0.25) is 0 Å². The zero-order chi connectivity index (χ0) is 24.5. The first kappa shape index (κ1) is 32.9. The average Bonchev–Trinajstić information content (AvgIpc) is 3.19. The lowest BCUT2D eigenvalue weighted by Gasteiger charge is -2.24. The first-order valence-electron chi connectivity index (χ1n) is 11.6. The molecule has 0 aliphatic carbocycles. The van der Waals surface area contributed by atoms with Crippen molar-refractivity contribution in [3.05, 3.63) is 65.0 Å². The molecule has 0 radical (unpaired) electrons. The molecule has 4 rings (SSSR count). The summed E-state index contributed by atoms with van der Waals surface area (Å²) in [6, 6.07) is 14.7. The highest BCUT2D eigenvalue weighted by Crippen LogP contribution is 2.40. The summed E-state index contributed by atoms with van der Waals surface area (Å²) in [5.74, 6) is 1.59. The molecule has 0 atom stereocenters. The highest BCUT2D eigenvalue weighted by atomic mass is 35.5. The van der Waals surface area contributed by atoms with Crippen molar-refractivity contribution in [1.82, 2.24) is 15.0 Å². The van der Waals surface area contributed by atoms with Crippen molar-refractivity contribution in [2.75, 3.05) is 19.5 Å². The van der Waals surface area contributed by atoms with Crippen LogP contribution in [0, 0.1) is 19.3 Å². The second kappa shape index (κ2) is 13.6. The fourth-order valence-electron chi connectivity index (χ4n) is 4.22. The predicted octanol–water partition coefficient (Wildman–Crippen LogP) is 8.44. The van der Waals surface area contributed by atoms with Crippen LogP contribution in [0.3, 0.4) is 0 Å². The van der Waals surface area contributed by atoms with E-state index in [1.807, 2.05) is 25.2 Å². The summed E-state index contributed by atoms with van der Waals surface area (Å²) >= 11 is 1.70. The number of H-pyrrole nitrogens is 1. The van der Waals surface area contributed by atoms with E-state index in [1.54, 1.807) is 18.9 Å². The number of anilines is 1. The summed E-state index contributed by atoms with van der Waals surface area (Å²) in [5, 5.41) is 4.38. The van der Waals surface area contributed by atoms with Crippen molar-refractivity contribution in [2.45, 2.75) is 51.9 Å². The van der Waals surface area contributed by atoms with Crippen LogP contribution in [0.2, 0.25) is 0 Å². The number of nitrogens with zero attached hydrogens (tertiary/aromatic N) is 2. The number of methoxy groups -OCH3 is 1. The van der Waals surface area contributed by atoms with Crippen molar-refractivity contribution in [1.29, 1.82) is 0 Å². The quantitative estimate of drug-likeness (QED) is 0.214. The number of hydrogen-bond acceptors (Lipinski definition) is 5. The maximum absolute atomic E-state index is 5.35. The van der Waals surface area contributed by atoms with Crippen LogP contribution in [0.1, 0.15) is 43.3 Å². The largest absolute Gasteiger partial charge is 0.497 e. The average molecular weight is 584 g/mol. The molecule has 2 N–H and O–H groups in total. The lowest BCUT2D eigenvalue weighted by atomic mass is 9.87.